The van der Waals surface area contributed by atoms with Gasteiger partial charge in [-0.3, -0.25) is 0 Å². The van der Waals surface area contributed by atoms with Gasteiger partial charge in [0.25, 0.3) is 0 Å². The molecule has 28 heavy (non-hydrogen) atoms. The van der Waals surface area contributed by atoms with E-state index >= 15 is 0 Å². The van der Waals surface area contributed by atoms with Gasteiger partial charge in [0.1, 0.15) is 11.5 Å². The summed E-state index contributed by atoms with van der Waals surface area (Å²) in [5.74, 6) is -1.42. The predicted molar refractivity (Wildman–Crippen MR) is 102 cm³/mol. The number of rotatable bonds is 3. The van der Waals surface area contributed by atoms with Crippen LogP contribution >= 0.6 is 0 Å². The zero-order valence-electron chi connectivity index (χ0n) is 15.2. The van der Waals surface area contributed by atoms with Crippen molar-refractivity contribution < 1.29 is 13.3 Å². The average molecular weight is 382 g/mol. The number of halogens is 2. The molecule has 1 fully saturated rings. The fraction of sp³-hybridized carbons (Fsp3) is 0.333. The third kappa shape index (κ3) is 2.86. The first-order valence-corrected chi connectivity index (χ1v) is 9.56. The number of allylic oxidation sites excluding steroid dienone is 4. The van der Waals surface area contributed by atoms with E-state index in [1.54, 1.807) is 12.3 Å². The van der Waals surface area contributed by atoms with Crippen LogP contribution in [0.25, 0.3) is 22.4 Å². The number of pyridine rings is 1. The van der Waals surface area contributed by atoms with Gasteiger partial charge in [0.2, 0.25) is 0 Å². The molecule has 1 aliphatic carbocycles. The molecule has 7 heteroatoms. The van der Waals surface area contributed by atoms with Crippen LogP contribution in [0.4, 0.5) is 8.78 Å². The van der Waals surface area contributed by atoms with Crippen molar-refractivity contribution in [3.05, 3.63) is 59.6 Å². The van der Waals surface area contributed by atoms with Gasteiger partial charge in [-0.1, -0.05) is 11.2 Å². The smallest absolute Gasteiger partial charge is 0.172 e. The Morgan fingerprint density at radius 2 is 2.00 bits per heavy atom. The molecule has 2 N–H and O–H groups in total. The monoisotopic (exact) mass is 382 g/mol. The Kier molecular flexibility index (Phi) is 4.31. The first-order valence-electron chi connectivity index (χ1n) is 9.56. The van der Waals surface area contributed by atoms with E-state index in [1.165, 1.54) is 17.8 Å². The van der Waals surface area contributed by atoms with Crippen LogP contribution < -0.4 is 5.32 Å². The Bertz CT molecular complexity index is 1080. The summed E-state index contributed by atoms with van der Waals surface area (Å²) in [4.78, 5) is 7.72. The molecule has 1 unspecified atom stereocenters. The molecule has 5 nitrogen and oxygen atoms in total. The molecule has 0 aromatic carbocycles. The van der Waals surface area contributed by atoms with Crippen molar-refractivity contribution >= 4 is 11.0 Å². The molecule has 4 heterocycles. The Balaban J connectivity index is 1.57. The fourth-order valence-electron chi connectivity index (χ4n) is 4.21. The zero-order chi connectivity index (χ0) is 19.1. The molecule has 5 rings (SSSR count). The summed E-state index contributed by atoms with van der Waals surface area (Å²) in [6.07, 6.45) is 10.5. The predicted octanol–water partition coefficient (Wildman–Crippen LogP) is 4.88. The number of nitrogens with zero attached hydrogens (tertiary/aromatic N) is 2. The highest BCUT2D eigenvalue weighted by molar-refractivity contribution is 5.93. The maximum atomic E-state index is 14.4. The molecule has 0 bridgehead atoms. The van der Waals surface area contributed by atoms with E-state index in [2.05, 4.69) is 26.5 Å². The third-order valence-corrected chi connectivity index (χ3v) is 5.75. The third-order valence-electron chi connectivity index (χ3n) is 5.75. The van der Waals surface area contributed by atoms with Gasteiger partial charge in [0, 0.05) is 34.8 Å². The molecule has 1 aliphatic heterocycles. The molecule has 0 spiro atoms. The quantitative estimate of drug-likeness (QED) is 0.678. The van der Waals surface area contributed by atoms with Crippen LogP contribution in [0.3, 0.4) is 0 Å². The van der Waals surface area contributed by atoms with Gasteiger partial charge in [0.05, 0.1) is 6.20 Å². The minimum Gasteiger partial charge on any atom is -0.356 e. The van der Waals surface area contributed by atoms with Gasteiger partial charge in [-0.25, -0.2) is 13.8 Å². The number of aromatic amines is 1. The van der Waals surface area contributed by atoms with E-state index in [-0.39, 0.29) is 0 Å². The van der Waals surface area contributed by atoms with Crippen LogP contribution in [-0.2, 0) is 0 Å². The van der Waals surface area contributed by atoms with Crippen molar-refractivity contribution in [2.45, 2.75) is 31.1 Å². The van der Waals surface area contributed by atoms with Crippen LogP contribution in [-0.4, -0.2) is 28.2 Å². The second-order valence-corrected chi connectivity index (χ2v) is 7.39. The highest BCUT2D eigenvalue weighted by Crippen LogP contribution is 2.42. The number of aromatic nitrogens is 3. The Labute approximate surface area is 160 Å². The lowest BCUT2D eigenvalue weighted by molar-refractivity contribution is 0.430. The normalized spacial score (nSPS) is 21.0. The second-order valence-electron chi connectivity index (χ2n) is 7.39. The number of piperidine rings is 1. The van der Waals surface area contributed by atoms with Crippen molar-refractivity contribution in [3.63, 3.8) is 0 Å². The largest absolute Gasteiger partial charge is 0.356 e. The molecule has 2 aliphatic rings. The molecule has 0 saturated carbocycles. The summed E-state index contributed by atoms with van der Waals surface area (Å²) in [7, 11) is 0. The van der Waals surface area contributed by atoms with E-state index in [1.807, 2.05) is 6.20 Å². The lowest BCUT2D eigenvalue weighted by Gasteiger charge is -2.22. The highest BCUT2D eigenvalue weighted by atomic mass is 19.2. The van der Waals surface area contributed by atoms with E-state index in [9.17, 15) is 8.78 Å². The van der Waals surface area contributed by atoms with Crippen molar-refractivity contribution in [1.82, 2.24) is 20.4 Å². The van der Waals surface area contributed by atoms with Gasteiger partial charge >= 0.3 is 0 Å². The number of H-pyrrole nitrogens is 1. The van der Waals surface area contributed by atoms with Crippen molar-refractivity contribution in [3.8, 4) is 11.3 Å². The van der Waals surface area contributed by atoms with Crippen molar-refractivity contribution in [2.75, 3.05) is 13.1 Å². The van der Waals surface area contributed by atoms with Crippen LogP contribution in [0.5, 0.6) is 0 Å². The standard InChI is InChI=1S/C21H20F2N4O/c22-18-3-1-2-14(19(18)23)17-11-27-28-20(17)16-10-26-21-15(16)8-13(9-25-21)12-4-6-24-7-5-12/h1,3,8-12,14,24H,2,4-7H2,(H,25,26). The molecule has 3 aromatic heterocycles. The Morgan fingerprint density at radius 1 is 1.14 bits per heavy atom. The van der Waals surface area contributed by atoms with Gasteiger partial charge in [-0.05, 0) is 56.0 Å². The van der Waals surface area contributed by atoms with Crippen LogP contribution in [0.2, 0.25) is 0 Å². The molecule has 3 aromatic rings. The fourth-order valence-corrected chi connectivity index (χ4v) is 4.21. The van der Waals surface area contributed by atoms with Crippen LogP contribution in [0.15, 0.2) is 53.0 Å². The summed E-state index contributed by atoms with van der Waals surface area (Å²) in [5, 5.41) is 8.16. The second kappa shape index (κ2) is 6.98. The van der Waals surface area contributed by atoms with Crippen molar-refractivity contribution in [2.24, 2.45) is 0 Å². The van der Waals surface area contributed by atoms with E-state index in [0.29, 0.717) is 23.7 Å². The van der Waals surface area contributed by atoms with E-state index in [0.717, 1.165) is 42.5 Å². The van der Waals surface area contributed by atoms with Gasteiger partial charge in [-0.2, -0.15) is 0 Å². The lowest BCUT2D eigenvalue weighted by atomic mass is 9.89. The summed E-state index contributed by atoms with van der Waals surface area (Å²) >= 11 is 0. The first-order chi connectivity index (χ1) is 13.7. The molecule has 1 saturated heterocycles. The number of hydrogen-bond donors (Lipinski definition) is 2. The molecule has 1 atom stereocenters. The first kappa shape index (κ1) is 17.3. The van der Waals surface area contributed by atoms with E-state index in [4.69, 9.17) is 4.52 Å². The number of nitrogens with one attached hydrogen (secondary N) is 2. The maximum absolute atomic E-state index is 14.4. The summed E-state index contributed by atoms with van der Waals surface area (Å²) in [6.45, 7) is 2.00. The topological polar surface area (TPSA) is 66.7 Å². The Morgan fingerprint density at radius 3 is 2.86 bits per heavy atom. The van der Waals surface area contributed by atoms with Gasteiger partial charge < -0.3 is 14.8 Å². The van der Waals surface area contributed by atoms with E-state index < -0.39 is 17.6 Å². The lowest BCUT2D eigenvalue weighted by Crippen LogP contribution is -2.26. The molecular formula is C21H20F2N4O. The Hall–Kier alpha value is -2.80. The zero-order valence-corrected chi connectivity index (χ0v) is 15.2. The van der Waals surface area contributed by atoms with Gasteiger partial charge in [0.15, 0.2) is 11.6 Å². The average Bonchev–Trinajstić information content (AvgIpc) is 3.37. The maximum Gasteiger partial charge on any atom is 0.172 e. The number of hydrogen-bond acceptors (Lipinski definition) is 4. The van der Waals surface area contributed by atoms with Crippen molar-refractivity contribution in [1.29, 1.82) is 0 Å². The molecule has 0 radical (unpaired) electrons. The molecule has 144 valence electrons. The SMILES string of the molecule is FC1=C(F)C(c2cnoc2-c2c[nH]c3ncc(C4CCNCC4)cc23)CC=C1. The summed E-state index contributed by atoms with van der Waals surface area (Å²) < 4.78 is 33.7. The minimum absolute atomic E-state index is 0.369. The number of fused-ring (bicyclic) bond motifs is 1. The summed E-state index contributed by atoms with van der Waals surface area (Å²) in [5.41, 5.74) is 3.24. The summed E-state index contributed by atoms with van der Waals surface area (Å²) in [6, 6.07) is 2.13. The van der Waals surface area contributed by atoms with Crippen LogP contribution in [0, 0.1) is 0 Å². The highest BCUT2D eigenvalue weighted by Gasteiger charge is 2.29. The molecular weight excluding hydrogens is 362 g/mol. The minimum atomic E-state index is -0.836. The molecule has 0 amide bonds. The van der Waals surface area contributed by atoms with Crippen LogP contribution in [0.1, 0.15) is 42.2 Å². The van der Waals surface area contributed by atoms with Gasteiger partial charge in [-0.15, -0.1) is 0 Å².